The molecular formula is C39H74. The summed E-state index contributed by atoms with van der Waals surface area (Å²) in [7, 11) is 0. The minimum Gasteiger partial charge on any atom is -0.0654 e. The van der Waals surface area contributed by atoms with Crippen molar-refractivity contribution in [1.82, 2.24) is 0 Å². The Bertz CT molecular complexity index is 697. The number of unbranched alkanes of at least 4 members (excludes halogenated alkanes) is 2. The molecule has 0 saturated heterocycles. The molecule has 0 aromatic carbocycles. The first-order valence-electron chi connectivity index (χ1n) is 18.3. The summed E-state index contributed by atoms with van der Waals surface area (Å²) in [4.78, 5) is 0. The molecule has 0 heteroatoms. The first kappa shape index (κ1) is 33.5. The molecule has 11 unspecified atom stereocenters. The minimum absolute atomic E-state index is 0.419. The Labute approximate surface area is 248 Å². The number of rotatable bonds is 9. The smallest absolute Gasteiger partial charge is 0.0295 e. The molecule has 39 heavy (non-hydrogen) atoms. The highest BCUT2D eigenvalue weighted by Crippen LogP contribution is 2.60. The van der Waals surface area contributed by atoms with E-state index in [9.17, 15) is 0 Å². The van der Waals surface area contributed by atoms with Gasteiger partial charge >= 0.3 is 0 Å². The molecule has 0 aliphatic heterocycles. The van der Waals surface area contributed by atoms with Crippen molar-refractivity contribution in [3.8, 4) is 0 Å². The van der Waals surface area contributed by atoms with E-state index in [0.717, 1.165) is 65.1 Å². The van der Waals surface area contributed by atoms with Gasteiger partial charge in [-0.15, -0.1) is 0 Å². The molecule has 0 heterocycles. The van der Waals surface area contributed by atoms with E-state index in [-0.39, 0.29) is 0 Å². The third kappa shape index (κ3) is 8.99. The van der Waals surface area contributed by atoms with Gasteiger partial charge in [0.1, 0.15) is 0 Å². The van der Waals surface area contributed by atoms with Crippen LogP contribution in [-0.4, -0.2) is 0 Å². The fourth-order valence-electron chi connectivity index (χ4n) is 10.2. The fraction of sp³-hybridized carbons (Fsp3) is 1.00. The molecule has 0 aromatic rings. The average Bonchev–Trinajstić information content (AvgIpc) is 3.49. The molecule has 0 aromatic heterocycles. The molecule has 4 aliphatic rings. The van der Waals surface area contributed by atoms with Crippen LogP contribution in [0, 0.1) is 75.9 Å². The summed E-state index contributed by atoms with van der Waals surface area (Å²) in [6.07, 6.45) is 22.1. The molecule has 0 nitrogen and oxygen atoms in total. The van der Waals surface area contributed by atoms with Crippen molar-refractivity contribution in [3.63, 3.8) is 0 Å². The van der Waals surface area contributed by atoms with Crippen molar-refractivity contribution in [3.05, 3.63) is 0 Å². The maximum Gasteiger partial charge on any atom is -0.0295 e. The van der Waals surface area contributed by atoms with Gasteiger partial charge in [-0.25, -0.2) is 0 Å². The highest BCUT2D eigenvalue weighted by atomic mass is 14.6. The number of hydrogen-bond acceptors (Lipinski definition) is 0. The van der Waals surface area contributed by atoms with E-state index >= 15 is 0 Å². The third-order valence-electron chi connectivity index (χ3n) is 13.5. The summed E-state index contributed by atoms with van der Waals surface area (Å²) < 4.78 is 0. The Kier molecular flexibility index (Phi) is 12.4. The van der Waals surface area contributed by atoms with Gasteiger partial charge in [-0.1, -0.05) is 128 Å². The van der Waals surface area contributed by atoms with Crippen molar-refractivity contribution in [2.45, 2.75) is 172 Å². The van der Waals surface area contributed by atoms with Gasteiger partial charge in [0.15, 0.2) is 0 Å². The second-order valence-electron chi connectivity index (χ2n) is 17.7. The zero-order chi connectivity index (χ0) is 29.0. The molecule has 11 atom stereocenters. The topological polar surface area (TPSA) is 0 Å². The van der Waals surface area contributed by atoms with Crippen LogP contribution < -0.4 is 0 Å². The van der Waals surface area contributed by atoms with Crippen LogP contribution in [0.1, 0.15) is 172 Å². The van der Waals surface area contributed by atoms with Gasteiger partial charge in [0.05, 0.1) is 0 Å². The SMILES string of the molecule is CCCCCC(C)CCCC1CCC(C(C)(C)C)C(C(C)C)CCC2CC(C)(CCC(C)C3C(C)C3C1)C2C. The summed E-state index contributed by atoms with van der Waals surface area (Å²) in [5.41, 5.74) is 1.04. The lowest BCUT2D eigenvalue weighted by Crippen LogP contribution is -2.45. The van der Waals surface area contributed by atoms with Crippen LogP contribution in [0.25, 0.3) is 0 Å². The van der Waals surface area contributed by atoms with E-state index in [0.29, 0.717) is 10.8 Å². The van der Waals surface area contributed by atoms with Crippen molar-refractivity contribution < 1.29 is 0 Å². The number of fused-ring (bicyclic) bond motifs is 9. The third-order valence-corrected chi connectivity index (χ3v) is 13.5. The van der Waals surface area contributed by atoms with Crippen LogP contribution in [0.15, 0.2) is 0 Å². The fourth-order valence-corrected chi connectivity index (χ4v) is 10.2. The normalized spacial score (nSPS) is 41.1. The average molecular weight is 543 g/mol. The summed E-state index contributed by atoms with van der Waals surface area (Å²) in [5, 5.41) is 0. The van der Waals surface area contributed by atoms with Gasteiger partial charge in [-0.3, -0.25) is 0 Å². The molecule has 0 radical (unpaired) electrons. The summed E-state index contributed by atoms with van der Waals surface area (Å²) in [6.45, 7) is 28.2. The molecule has 4 saturated carbocycles. The van der Waals surface area contributed by atoms with Gasteiger partial charge in [0.25, 0.3) is 0 Å². The molecule has 4 fully saturated rings. The van der Waals surface area contributed by atoms with Gasteiger partial charge < -0.3 is 0 Å². The predicted molar refractivity (Wildman–Crippen MR) is 175 cm³/mol. The predicted octanol–water partition coefficient (Wildman–Crippen LogP) is 12.8. The van der Waals surface area contributed by atoms with Gasteiger partial charge in [-0.05, 0) is 121 Å². The van der Waals surface area contributed by atoms with Crippen LogP contribution in [0.4, 0.5) is 0 Å². The lowest BCUT2D eigenvalue weighted by atomic mass is 9.51. The van der Waals surface area contributed by atoms with Crippen LogP contribution in [-0.2, 0) is 0 Å². The number of hydrogen-bond donors (Lipinski definition) is 0. The molecule has 4 rings (SSSR count). The zero-order valence-corrected chi connectivity index (χ0v) is 29.0. The Morgan fingerprint density at radius 1 is 0.846 bits per heavy atom. The molecule has 2 bridgehead atoms. The summed E-state index contributed by atoms with van der Waals surface area (Å²) in [5.74, 6) is 10.3. The van der Waals surface area contributed by atoms with Crippen molar-refractivity contribution >= 4 is 0 Å². The molecule has 0 N–H and O–H groups in total. The second kappa shape index (κ2) is 14.5. The highest BCUT2D eigenvalue weighted by Gasteiger charge is 2.52. The lowest BCUT2D eigenvalue weighted by Gasteiger charge is -2.54. The van der Waals surface area contributed by atoms with Crippen LogP contribution in [0.5, 0.6) is 0 Å². The van der Waals surface area contributed by atoms with Crippen molar-refractivity contribution in [1.29, 1.82) is 0 Å². The van der Waals surface area contributed by atoms with Gasteiger partial charge in [-0.2, -0.15) is 0 Å². The van der Waals surface area contributed by atoms with Gasteiger partial charge in [0.2, 0.25) is 0 Å². The Balaban J connectivity index is 1.73. The minimum atomic E-state index is 0.419. The Morgan fingerprint density at radius 3 is 2.15 bits per heavy atom. The van der Waals surface area contributed by atoms with Crippen LogP contribution in [0.3, 0.4) is 0 Å². The van der Waals surface area contributed by atoms with E-state index in [1.165, 1.54) is 89.9 Å². The molecular weight excluding hydrogens is 468 g/mol. The molecule has 0 amide bonds. The monoisotopic (exact) mass is 543 g/mol. The maximum atomic E-state index is 2.65. The Hall–Kier alpha value is 0. The molecule has 4 aliphatic carbocycles. The zero-order valence-electron chi connectivity index (χ0n) is 29.0. The van der Waals surface area contributed by atoms with E-state index in [2.05, 4.69) is 76.2 Å². The van der Waals surface area contributed by atoms with E-state index < -0.39 is 0 Å². The summed E-state index contributed by atoms with van der Waals surface area (Å²) >= 11 is 0. The lowest BCUT2D eigenvalue weighted by molar-refractivity contribution is -0.0389. The largest absolute Gasteiger partial charge is 0.0654 e. The molecule has 0 spiro atoms. The first-order valence-corrected chi connectivity index (χ1v) is 18.3. The maximum absolute atomic E-state index is 2.65. The van der Waals surface area contributed by atoms with E-state index in [1.807, 2.05) is 0 Å². The van der Waals surface area contributed by atoms with E-state index in [4.69, 9.17) is 0 Å². The van der Waals surface area contributed by atoms with Crippen molar-refractivity contribution in [2.75, 3.05) is 0 Å². The first-order chi connectivity index (χ1) is 18.3. The quantitative estimate of drug-likeness (QED) is 0.254. The highest BCUT2D eigenvalue weighted by molar-refractivity contribution is 5.01. The Morgan fingerprint density at radius 2 is 1.54 bits per heavy atom. The summed E-state index contributed by atoms with van der Waals surface area (Å²) in [6, 6.07) is 0. The van der Waals surface area contributed by atoms with E-state index in [1.54, 1.807) is 6.42 Å². The van der Waals surface area contributed by atoms with Crippen LogP contribution in [0.2, 0.25) is 0 Å². The standard InChI is InChI=1S/C39H74/c1-12-13-14-16-28(4)17-15-18-32-19-22-36(38(8,9)10)34(27(2)3)21-20-33-26-39(11,31(33)7)24-23-29(5)37-30(6)35(37)25-32/h27-37H,12-26H2,1-11H3. The molecule has 230 valence electrons. The second-order valence-corrected chi connectivity index (χ2v) is 17.7. The van der Waals surface area contributed by atoms with Crippen molar-refractivity contribution in [2.24, 2.45) is 75.9 Å². The van der Waals surface area contributed by atoms with Crippen LogP contribution >= 0.6 is 0 Å². The van der Waals surface area contributed by atoms with Gasteiger partial charge in [0, 0.05) is 0 Å².